The maximum absolute atomic E-state index is 5.87. The van der Waals surface area contributed by atoms with Gasteiger partial charge in [0.2, 0.25) is 0 Å². The molecular formula is C11H18N6O. The van der Waals surface area contributed by atoms with Gasteiger partial charge in [0.25, 0.3) is 0 Å². The minimum absolute atomic E-state index is 0.419. The van der Waals surface area contributed by atoms with E-state index in [1.807, 2.05) is 6.92 Å². The number of hydrogen-bond acceptors (Lipinski definition) is 7. The van der Waals surface area contributed by atoms with Crippen LogP contribution in [0.15, 0.2) is 11.5 Å². The second kappa shape index (κ2) is 6.15. The van der Waals surface area contributed by atoms with Crippen LogP contribution in [-0.2, 0) is 4.84 Å². The van der Waals surface area contributed by atoms with Crippen molar-refractivity contribution in [1.82, 2.24) is 15.3 Å². The van der Waals surface area contributed by atoms with Gasteiger partial charge in [0.1, 0.15) is 24.6 Å². The van der Waals surface area contributed by atoms with Crippen molar-refractivity contribution in [3.63, 3.8) is 0 Å². The Labute approximate surface area is 106 Å². The first-order chi connectivity index (χ1) is 8.83. The molecule has 98 valence electrons. The third-order valence-electron chi connectivity index (χ3n) is 2.70. The quantitative estimate of drug-likeness (QED) is 0.570. The maximum atomic E-state index is 5.87. The van der Waals surface area contributed by atoms with Crippen LogP contribution in [0, 0.1) is 0 Å². The molecule has 1 fully saturated rings. The minimum atomic E-state index is 0.419. The highest BCUT2D eigenvalue weighted by molar-refractivity contribution is 5.91. The average Bonchev–Trinajstić information content (AvgIpc) is 2.42. The summed E-state index contributed by atoms with van der Waals surface area (Å²) in [5.41, 5.74) is 6.59. The van der Waals surface area contributed by atoms with Gasteiger partial charge >= 0.3 is 0 Å². The fourth-order valence-corrected chi connectivity index (χ4v) is 1.82. The Balaban J connectivity index is 2.24. The lowest BCUT2D eigenvalue weighted by Gasteiger charge is -2.29. The van der Waals surface area contributed by atoms with Crippen LogP contribution in [0.2, 0.25) is 0 Å². The third-order valence-corrected chi connectivity index (χ3v) is 2.70. The van der Waals surface area contributed by atoms with Gasteiger partial charge in [-0.15, -0.1) is 0 Å². The number of anilines is 2. The summed E-state index contributed by atoms with van der Waals surface area (Å²) in [5.74, 6) is 1.23. The first kappa shape index (κ1) is 12.6. The smallest absolute Gasteiger partial charge is 0.143 e. The molecule has 3 N–H and O–H groups in total. The van der Waals surface area contributed by atoms with Crippen molar-refractivity contribution in [2.45, 2.75) is 6.92 Å². The molecule has 0 amide bonds. The second-order valence-electron chi connectivity index (χ2n) is 3.89. The molecule has 0 aliphatic carbocycles. The van der Waals surface area contributed by atoms with Crippen LogP contribution < -0.4 is 16.0 Å². The minimum Gasteiger partial charge on any atom is -0.396 e. The van der Waals surface area contributed by atoms with E-state index in [9.17, 15) is 0 Å². The number of nitrogens with two attached hydrogens (primary N) is 1. The van der Waals surface area contributed by atoms with Gasteiger partial charge in [0.05, 0.1) is 11.8 Å². The summed E-state index contributed by atoms with van der Waals surface area (Å²) < 4.78 is 0. The summed E-state index contributed by atoms with van der Waals surface area (Å²) in [7, 11) is 0. The van der Waals surface area contributed by atoms with Crippen LogP contribution in [0.5, 0.6) is 0 Å². The second-order valence-corrected chi connectivity index (χ2v) is 3.89. The van der Waals surface area contributed by atoms with Gasteiger partial charge in [-0.05, 0) is 6.92 Å². The van der Waals surface area contributed by atoms with Gasteiger partial charge in [-0.3, -0.25) is 0 Å². The summed E-state index contributed by atoms with van der Waals surface area (Å²) in [6.45, 7) is 6.06. The van der Waals surface area contributed by atoms with Crippen LogP contribution >= 0.6 is 0 Å². The molecule has 2 heterocycles. The molecule has 2 rings (SSSR count). The number of nitrogens with one attached hydrogen (secondary N) is 1. The molecule has 0 atom stereocenters. The van der Waals surface area contributed by atoms with Crippen molar-refractivity contribution in [1.29, 1.82) is 0 Å². The number of oxime groups is 1. The molecule has 18 heavy (non-hydrogen) atoms. The van der Waals surface area contributed by atoms with Crippen molar-refractivity contribution in [2.75, 3.05) is 43.4 Å². The van der Waals surface area contributed by atoms with E-state index < -0.39 is 0 Å². The Hall–Kier alpha value is -1.89. The summed E-state index contributed by atoms with van der Waals surface area (Å²) in [6, 6.07) is 0. The first-order valence-corrected chi connectivity index (χ1v) is 6.04. The molecule has 1 aliphatic rings. The Morgan fingerprint density at radius 1 is 1.50 bits per heavy atom. The predicted molar refractivity (Wildman–Crippen MR) is 70.7 cm³/mol. The van der Waals surface area contributed by atoms with Crippen LogP contribution in [0.4, 0.5) is 11.6 Å². The number of rotatable bonds is 4. The van der Waals surface area contributed by atoms with Crippen molar-refractivity contribution < 1.29 is 4.84 Å². The fraction of sp³-hybridized carbons (Fsp3) is 0.545. The van der Waals surface area contributed by atoms with Crippen LogP contribution in [0.1, 0.15) is 12.5 Å². The molecule has 0 aromatic carbocycles. The van der Waals surface area contributed by atoms with Gasteiger partial charge in [-0.25, -0.2) is 9.97 Å². The summed E-state index contributed by atoms with van der Waals surface area (Å²) in [6.07, 6.45) is 3.06. The summed E-state index contributed by atoms with van der Waals surface area (Å²) in [4.78, 5) is 15.4. The van der Waals surface area contributed by atoms with Gasteiger partial charge < -0.3 is 20.8 Å². The first-order valence-electron chi connectivity index (χ1n) is 6.04. The van der Waals surface area contributed by atoms with Gasteiger partial charge in [-0.1, -0.05) is 5.16 Å². The van der Waals surface area contributed by atoms with Crippen molar-refractivity contribution in [2.24, 2.45) is 5.16 Å². The highest BCUT2D eigenvalue weighted by Gasteiger charge is 2.17. The van der Waals surface area contributed by atoms with Crippen molar-refractivity contribution >= 4 is 17.9 Å². The molecule has 1 saturated heterocycles. The number of hydrogen-bond donors (Lipinski definition) is 2. The van der Waals surface area contributed by atoms with E-state index in [1.165, 1.54) is 6.33 Å². The van der Waals surface area contributed by atoms with E-state index in [4.69, 9.17) is 10.6 Å². The number of nitrogen functional groups attached to an aromatic ring is 1. The average molecular weight is 250 g/mol. The molecule has 7 nitrogen and oxygen atoms in total. The molecule has 7 heteroatoms. The van der Waals surface area contributed by atoms with E-state index in [2.05, 4.69) is 25.3 Å². The van der Waals surface area contributed by atoms with Gasteiger partial charge in [0, 0.05) is 26.2 Å². The van der Waals surface area contributed by atoms with Crippen LogP contribution in [0.25, 0.3) is 0 Å². The Morgan fingerprint density at radius 2 is 2.28 bits per heavy atom. The van der Waals surface area contributed by atoms with E-state index in [1.54, 1.807) is 6.21 Å². The Morgan fingerprint density at radius 3 is 3.00 bits per heavy atom. The molecule has 0 spiro atoms. The van der Waals surface area contributed by atoms with E-state index in [-0.39, 0.29) is 0 Å². The lowest BCUT2D eigenvalue weighted by atomic mass is 10.2. The lowest BCUT2D eigenvalue weighted by Crippen LogP contribution is -2.44. The van der Waals surface area contributed by atoms with Gasteiger partial charge in [-0.2, -0.15) is 0 Å². The van der Waals surface area contributed by atoms with Gasteiger partial charge in [0.15, 0.2) is 0 Å². The molecule has 1 aromatic rings. The maximum Gasteiger partial charge on any atom is 0.143 e. The largest absolute Gasteiger partial charge is 0.396 e. The molecule has 0 unspecified atom stereocenters. The lowest BCUT2D eigenvalue weighted by molar-refractivity contribution is 0.160. The molecule has 1 aliphatic heterocycles. The topological polar surface area (TPSA) is 88.7 Å². The monoisotopic (exact) mass is 250 g/mol. The zero-order valence-electron chi connectivity index (χ0n) is 10.5. The van der Waals surface area contributed by atoms with Crippen molar-refractivity contribution in [3.05, 3.63) is 11.9 Å². The SMILES string of the molecule is CCON=Cc1c(N)ncnc1N1CCNCC1. The van der Waals surface area contributed by atoms with Crippen molar-refractivity contribution in [3.8, 4) is 0 Å². The summed E-state index contributed by atoms with van der Waals surface area (Å²) >= 11 is 0. The van der Waals surface area contributed by atoms with Crippen LogP contribution in [0.3, 0.4) is 0 Å². The van der Waals surface area contributed by atoms with E-state index >= 15 is 0 Å². The number of nitrogens with zero attached hydrogens (tertiary/aromatic N) is 4. The number of piperazine rings is 1. The standard InChI is InChI=1S/C11H18N6O/c1-2-18-16-7-9-10(12)14-8-15-11(9)17-5-3-13-4-6-17/h7-8,13H,2-6H2,1H3,(H2,12,14,15). The zero-order valence-corrected chi connectivity index (χ0v) is 10.5. The Bertz CT molecular complexity index is 416. The summed E-state index contributed by atoms with van der Waals surface area (Å²) in [5, 5.41) is 7.15. The molecule has 0 bridgehead atoms. The fourth-order valence-electron chi connectivity index (χ4n) is 1.82. The molecule has 0 radical (unpaired) electrons. The normalized spacial score (nSPS) is 16.2. The predicted octanol–water partition coefficient (Wildman–Crippen LogP) is -0.161. The third kappa shape index (κ3) is 2.86. The molecule has 0 saturated carbocycles. The zero-order chi connectivity index (χ0) is 12.8. The molecular weight excluding hydrogens is 232 g/mol. The number of aromatic nitrogens is 2. The highest BCUT2D eigenvalue weighted by atomic mass is 16.6. The van der Waals surface area contributed by atoms with E-state index in [0.717, 1.165) is 32.0 Å². The molecule has 1 aromatic heterocycles. The van der Waals surface area contributed by atoms with E-state index in [0.29, 0.717) is 18.0 Å². The Kier molecular flexibility index (Phi) is 4.30. The highest BCUT2D eigenvalue weighted by Crippen LogP contribution is 2.19. The van der Waals surface area contributed by atoms with Crippen LogP contribution in [-0.4, -0.2) is 49.0 Å².